The van der Waals surface area contributed by atoms with Crippen molar-refractivity contribution in [3.63, 3.8) is 0 Å². The molecule has 0 amide bonds. The third-order valence-electron chi connectivity index (χ3n) is 2.06. The second-order valence-corrected chi connectivity index (χ2v) is 3.05. The van der Waals surface area contributed by atoms with Crippen LogP contribution in [0.1, 0.15) is 0 Å². The predicted octanol–water partition coefficient (Wildman–Crippen LogP) is 3.73. The van der Waals surface area contributed by atoms with E-state index in [9.17, 15) is 0 Å². The zero-order chi connectivity index (χ0) is 9.80. The van der Waals surface area contributed by atoms with E-state index in [-0.39, 0.29) is 0 Å². The number of hydrogen-bond donors (Lipinski definition) is 0. The minimum Gasteiger partial charge on any atom is -0.257 e. The number of allylic oxidation sites excluding steroid dienone is 1. The van der Waals surface area contributed by atoms with Crippen molar-refractivity contribution in [2.45, 2.75) is 0 Å². The van der Waals surface area contributed by atoms with E-state index in [4.69, 9.17) is 0 Å². The molecular formula is C13H11N. The molecule has 0 heterocycles. The van der Waals surface area contributed by atoms with Crippen molar-refractivity contribution in [1.29, 1.82) is 0 Å². The van der Waals surface area contributed by atoms with E-state index in [0.717, 1.165) is 5.69 Å². The maximum Gasteiger partial charge on any atom is 0.0636 e. The van der Waals surface area contributed by atoms with Crippen LogP contribution in [-0.4, -0.2) is 6.21 Å². The molecule has 0 aliphatic rings. The Balaban J connectivity index is 2.51. The van der Waals surface area contributed by atoms with Crippen molar-refractivity contribution in [2.24, 2.45) is 4.99 Å². The average Bonchev–Trinajstić information content (AvgIpc) is 2.26. The van der Waals surface area contributed by atoms with Gasteiger partial charge in [0, 0.05) is 6.21 Å². The molecule has 0 aliphatic carbocycles. The summed E-state index contributed by atoms with van der Waals surface area (Å²) < 4.78 is 0. The maximum absolute atomic E-state index is 4.23. The predicted molar refractivity (Wildman–Crippen MR) is 62.3 cm³/mol. The Morgan fingerprint density at radius 3 is 2.57 bits per heavy atom. The van der Waals surface area contributed by atoms with Crippen LogP contribution < -0.4 is 0 Å². The van der Waals surface area contributed by atoms with E-state index in [1.54, 1.807) is 12.3 Å². The summed E-state index contributed by atoms with van der Waals surface area (Å²) in [6.45, 7) is 3.59. The topological polar surface area (TPSA) is 12.4 Å². The summed E-state index contributed by atoms with van der Waals surface area (Å²) in [4.78, 5) is 4.23. The molecule has 0 atom stereocenters. The van der Waals surface area contributed by atoms with E-state index in [1.165, 1.54) is 10.8 Å². The van der Waals surface area contributed by atoms with Gasteiger partial charge in [-0.3, -0.25) is 4.99 Å². The fourth-order valence-electron chi connectivity index (χ4n) is 1.40. The Morgan fingerprint density at radius 1 is 1.00 bits per heavy atom. The van der Waals surface area contributed by atoms with Crippen LogP contribution in [0.15, 0.2) is 60.1 Å². The van der Waals surface area contributed by atoms with Crippen LogP contribution in [0.5, 0.6) is 0 Å². The smallest absolute Gasteiger partial charge is 0.0636 e. The fraction of sp³-hybridized carbons (Fsp3) is 0. The number of hydrogen-bond acceptors (Lipinski definition) is 1. The van der Waals surface area contributed by atoms with Gasteiger partial charge < -0.3 is 0 Å². The van der Waals surface area contributed by atoms with Crippen LogP contribution in [-0.2, 0) is 0 Å². The second-order valence-electron chi connectivity index (χ2n) is 3.05. The summed E-state index contributed by atoms with van der Waals surface area (Å²) in [5.74, 6) is 0. The van der Waals surface area contributed by atoms with Gasteiger partial charge in [-0.15, -0.1) is 0 Å². The summed E-state index contributed by atoms with van der Waals surface area (Å²) in [5.41, 5.74) is 0.962. The summed E-state index contributed by atoms with van der Waals surface area (Å²) in [7, 11) is 0. The van der Waals surface area contributed by atoms with Crippen LogP contribution in [0.2, 0.25) is 0 Å². The van der Waals surface area contributed by atoms with Gasteiger partial charge in [0.05, 0.1) is 5.69 Å². The first-order valence-electron chi connectivity index (χ1n) is 4.54. The van der Waals surface area contributed by atoms with Crippen LogP contribution in [0.4, 0.5) is 5.69 Å². The highest BCUT2D eigenvalue weighted by atomic mass is 14.7. The molecule has 68 valence electrons. The molecule has 14 heavy (non-hydrogen) atoms. The Labute approximate surface area is 83.4 Å². The van der Waals surface area contributed by atoms with E-state index < -0.39 is 0 Å². The van der Waals surface area contributed by atoms with E-state index in [2.05, 4.69) is 35.8 Å². The molecule has 0 unspecified atom stereocenters. The molecule has 2 aromatic rings. The quantitative estimate of drug-likeness (QED) is 0.626. The van der Waals surface area contributed by atoms with Gasteiger partial charge in [-0.2, -0.15) is 0 Å². The number of aliphatic imine (C=N–C) groups is 1. The molecule has 0 saturated carbocycles. The third-order valence-corrected chi connectivity index (χ3v) is 2.06. The summed E-state index contributed by atoms with van der Waals surface area (Å²) >= 11 is 0. The van der Waals surface area contributed by atoms with Crippen molar-refractivity contribution in [3.8, 4) is 0 Å². The van der Waals surface area contributed by atoms with Gasteiger partial charge in [0.1, 0.15) is 0 Å². The van der Waals surface area contributed by atoms with Gasteiger partial charge >= 0.3 is 0 Å². The first-order chi connectivity index (χ1) is 6.90. The molecule has 2 rings (SSSR count). The Morgan fingerprint density at radius 2 is 1.79 bits per heavy atom. The second kappa shape index (κ2) is 3.88. The monoisotopic (exact) mass is 181 g/mol. The van der Waals surface area contributed by atoms with E-state index in [1.807, 2.05) is 18.2 Å². The molecule has 0 radical (unpaired) electrons. The highest BCUT2D eigenvalue weighted by Gasteiger charge is 1.92. The lowest BCUT2D eigenvalue weighted by Gasteiger charge is -1.97. The molecule has 0 N–H and O–H groups in total. The lowest BCUT2D eigenvalue weighted by molar-refractivity contribution is 1.57. The van der Waals surface area contributed by atoms with Crippen molar-refractivity contribution in [2.75, 3.05) is 0 Å². The van der Waals surface area contributed by atoms with Gasteiger partial charge in [-0.25, -0.2) is 0 Å². The normalized spacial score (nSPS) is 10.9. The lowest BCUT2D eigenvalue weighted by atomic mass is 10.1. The molecule has 0 spiro atoms. The van der Waals surface area contributed by atoms with Gasteiger partial charge in [0.2, 0.25) is 0 Å². The van der Waals surface area contributed by atoms with E-state index >= 15 is 0 Å². The van der Waals surface area contributed by atoms with Crippen molar-refractivity contribution in [1.82, 2.24) is 0 Å². The lowest BCUT2D eigenvalue weighted by Crippen LogP contribution is -1.71. The molecule has 0 aromatic heterocycles. The summed E-state index contributed by atoms with van der Waals surface area (Å²) in [6.07, 6.45) is 3.37. The Kier molecular flexibility index (Phi) is 2.41. The maximum atomic E-state index is 4.23. The number of fused-ring (bicyclic) bond motifs is 1. The first kappa shape index (κ1) is 8.70. The molecule has 0 aliphatic heterocycles. The van der Waals surface area contributed by atoms with Crippen LogP contribution in [0.25, 0.3) is 10.8 Å². The number of benzene rings is 2. The first-order valence-corrected chi connectivity index (χ1v) is 4.54. The third kappa shape index (κ3) is 1.72. The highest BCUT2D eigenvalue weighted by molar-refractivity contribution is 5.86. The number of rotatable bonds is 2. The minimum absolute atomic E-state index is 0.962. The van der Waals surface area contributed by atoms with Gasteiger partial charge in [-0.05, 0) is 22.9 Å². The minimum atomic E-state index is 0.962. The Bertz CT molecular complexity index is 483. The fourth-order valence-corrected chi connectivity index (χ4v) is 1.40. The molecule has 0 fully saturated rings. The molecule has 1 heteroatoms. The molecule has 2 aromatic carbocycles. The highest BCUT2D eigenvalue weighted by Crippen LogP contribution is 2.20. The zero-order valence-corrected chi connectivity index (χ0v) is 7.85. The summed E-state index contributed by atoms with van der Waals surface area (Å²) in [5, 5.41) is 2.45. The van der Waals surface area contributed by atoms with E-state index in [0.29, 0.717) is 0 Å². The molecule has 1 nitrogen and oxygen atoms in total. The van der Waals surface area contributed by atoms with Gasteiger partial charge in [0.25, 0.3) is 0 Å². The molecular weight excluding hydrogens is 170 g/mol. The Hall–Kier alpha value is -1.89. The van der Waals surface area contributed by atoms with Crippen LogP contribution >= 0.6 is 0 Å². The zero-order valence-electron chi connectivity index (χ0n) is 7.85. The van der Waals surface area contributed by atoms with Gasteiger partial charge in [-0.1, -0.05) is 43.0 Å². The van der Waals surface area contributed by atoms with Gasteiger partial charge in [0.15, 0.2) is 0 Å². The number of nitrogens with zero attached hydrogens (tertiary/aromatic N) is 1. The summed E-state index contributed by atoms with van der Waals surface area (Å²) in [6, 6.07) is 14.4. The van der Waals surface area contributed by atoms with Crippen LogP contribution in [0, 0.1) is 0 Å². The molecule has 0 saturated heterocycles. The van der Waals surface area contributed by atoms with Crippen molar-refractivity contribution in [3.05, 3.63) is 55.1 Å². The largest absolute Gasteiger partial charge is 0.257 e. The van der Waals surface area contributed by atoms with Crippen molar-refractivity contribution < 1.29 is 0 Å². The standard InChI is InChI=1S/C13H11N/c1-2-9-14-13-8-7-11-5-3-4-6-12(11)10-13/h2-10H,1H2. The molecule has 0 bridgehead atoms. The average molecular weight is 181 g/mol. The van der Waals surface area contributed by atoms with Crippen molar-refractivity contribution >= 4 is 22.7 Å². The SMILES string of the molecule is C=CC=Nc1ccc2ccccc2c1. The van der Waals surface area contributed by atoms with Crippen LogP contribution in [0.3, 0.4) is 0 Å².